The van der Waals surface area contributed by atoms with Gasteiger partial charge in [-0.3, -0.25) is 4.90 Å². The molecule has 1 heterocycles. The molecule has 0 saturated carbocycles. The molecular weight excluding hydrogens is 255 g/mol. The Morgan fingerprint density at radius 2 is 1.89 bits per heavy atom. The molecule has 1 N–H and O–H groups in total. The minimum absolute atomic E-state index is 0.359. The molecule has 0 spiro atoms. The van der Waals surface area contributed by atoms with E-state index in [1.165, 1.54) is 0 Å². The Bertz CT molecular complexity index is 442. The van der Waals surface area contributed by atoms with Crippen molar-refractivity contribution in [3.8, 4) is 0 Å². The van der Waals surface area contributed by atoms with Gasteiger partial charge < -0.3 is 5.11 Å². The van der Waals surface area contributed by atoms with Crippen molar-refractivity contribution in [1.29, 1.82) is 0 Å². The fraction of sp³-hybridized carbons (Fsp3) is 0.429. The Kier molecular flexibility index (Phi) is 4.27. The van der Waals surface area contributed by atoms with Crippen LogP contribution in [0.15, 0.2) is 36.4 Å². The normalized spacial score (nSPS) is 19.1. The fourth-order valence-corrected chi connectivity index (χ4v) is 2.14. The lowest BCUT2D eigenvalue weighted by atomic mass is 9.99. The topological polar surface area (TPSA) is 23.5 Å². The summed E-state index contributed by atoms with van der Waals surface area (Å²) in [6, 6.07) is 9.79. The molecule has 0 aromatic heterocycles. The van der Waals surface area contributed by atoms with E-state index in [0.29, 0.717) is 19.5 Å². The molecule has 0 aliphatic carbocycles. The fourth-order valence-electron chi connectivity index (χ4n) is 2.14. The van der Waals surface area contributed by atoms with E-state index >= 15 is 0 Å². The lowest BCUT2D eigenvalue weighted by Crippen LogP contribution is -2.42. The van der Waals surface area contributed by atoms with Crippen molar-refractivity contribution < 1.29 is 18.3 Å². The second-order valence-corrected chi connectivity index (χ2v) is 4.66. The number of benzene rings is 1. The molecule has 1 aliphatic heterocycles. The number of halogens is 3. The van der Waals surface area contributed by atoms with Crippen molar-refractivity contribution in [3.63, 3.8) is 0 Å². The summed E-state index contributed by atoms with van der Waals surface area (Å²) in [6.07, 6.45) is -4.17. The third kappa shape index (κ3) is 3.81. The van der Waals surface area contributed by atoms with Crippen LogP contribution in [-0.4, -0.2) is 41.9 Å². The summed E-state index contributed by atoms with van der Waals surface area (Å²) in [5.41, 5.74) is 2.26. The van der Waals surface area contributed by atoms with Crippen molar-refractivity contribution in [2.24, 2.45) is 0 Å². The SMILES string of the molecule is O[C@@H](CN1CC=C(c2ccccc2)CC1)C(F)(F)F. The number of alkyl halides is 3. The first-order chi connectivity index (χ1) is 8.97. The van der Waals surface area contributed by atoms with Crippen LogP contribution in [0.2, 0.25) is 0 Å². The number of aliphatic hydroxyl groups is 1. The minimum Gasteiger partial charge on any atom is -0.382 e. The second-order valence-electron chi connectivity index (χ2n) is 4.66. The second kappa shape index (κ2) is 5.75. The molecule has 19 heavy (non-hydrogen) atoms. The van der Waals surface area contributed by atoms with Crippen LogP contribution >= 0.6 is 0 Å². The molecule has 2 rings (SSSR count). The van der Waals surface area contributed by atoms with Gasteiger partial charge in [0.2, 0.25) is 0 Å². The number of β-amino-alcohol motifs (C(OH)–C–C–N with tert-alkyl or cyclic N) is 1. The van der Waals surface area contributed by atoms with Gasteiger partial charge in [0.1, 0.15) is 0 Å². The van der Waals surface area contributed by atoms with Crippen LogP contribution in [0.3, 0.4) is 0 Å². The molecule has 0 unspecified atom stereocenters. The Balaban J connectivity index is 1.93. The van der Waals surface area contributed by atoms with Gasteiger partial charge in [0.15, 0.2) is 6.10 Å². The molecule has 5 heteroatoms. The lowest BCUT2D eigenvalue weighted by Gasteiger charge is -2.29. The van der Waals surface area contributed by atoms with E-state index in [4.69, 9.17) is 5.11 Å². The number of hydrogen-bond donors (Lipinski definition) is 1. The van der Waals surface area contributed by atoms with Gasteiger partial charge in [-0.15, -0.1) is 0 Å². The maximum atomic E-state index is 12.3. The molecule has 0 saturated heterocycles. The summed E-state index contributed by atoms with van der Waals surface area (Å²) in [6.45, 7) is 0.618. The average Bonchev–Trinajstić information content (AvgIpc) is 2.39. The van der Waals surface area contributed by atoms with Crippen LogP contribution in [0.4, 0.5) is 13.2 Å². The largest absolute Gasteiger partial charge is 0.415 e. The number of hydrogen-bond acceptors (Lipinski definition) is 2. The highest BCUT2D eigenvalue weighted by atomic mass is 19.4. The van der Waals surface area contributed by atoms with Gasteiger partial charge in [0.05, 0.1) is 0 Å². The van der Waals surface area contributed by atoms with Crippen LogP contribution in [-0.2, 0) is 0 Å². The summed E-state index contributed by atoms with van der Waals surface area (Å²) in [4.78, 5) is 1.62. The predicted octanol–water partition coefficient (Wildman–Crippen LogP) is 2.70. The summed E-state index contributed by atoms with van der Waals surface area (Å²) >= 11 is 0. The van der Waals surface area contributed by atoms with E-state index in [0.717, 1.165) is 11.1 Å². The first kappa shape index (κ1) is 14.1. The molecule has 0 fully saturated rings. The van der Waals surface area contributed by atoms with Gasteiger partial charge in [-0.1, -0.05) is 36.4 Å². The van der Waals surface area contributed by atoms with Crippen molar-refractivity contribution in [2.45, 2.75) is 18.7 Å². The third-order valence-electron chi connectivity index (χ3n) is 3.25. The Morgan fingerprint density at radius 1 is 1.21 bits per heavy atom. The lowest BCUT2D eigenvalue weighted by molar-refractivity contribution is -0.207. The Morgan fingerprint density at radius 3 is 2.42 bits per heavy atom. The molecule has 0 bridgehead atoms. The zero-order valence-electron chi connectivity index (χ0n) is 10.4. The van der Waals surface area contributed by atoms with Crippen molar-refractivity contribution in [1.82, 2.24) is 4.90 Å². The Labute approximate surface area is 110 Å². The maximum absolute atomic E-state index is 12.3. The summed E-state index contributed by atoms with van der Waals surface area (Å²) in [7, 11) is 0. The highest BCUT2D eigenvalue weighted by Crippen LogP contribution is 2.24. The Hall–Kier alpha value is -1.33. The zero-order chi connectivity index (χ0) is 13.9. The van der Waals surface area contributed by atoms with Gasteiger partial charge in [0, 0.05) is 19.6 Å². The van der Waals surface area contributed by atoms with Crippen LogP contribution in [0.1, 0.15) is 12.0 Å². The maximum Gasteiger partial charge on any atom is 0.415 e. The monoisotopic (exact) mass is 271 g/mol. The van der Waals surface area contributed by atoms with Crippen LogP contribution in [0.25, 0.3) is 5.57 Å². The number of aliphatic hydroxyl groups excluding tert-OH is 1. The molecule has 1 aromatic carbocycles. The molecule has 1 aliphatic rings. The van der Waals surface area contributed by atoms with Crippen LogP contribution in [0, 0.1) is 0 Å². The highest BCUT2D eigenvalue weighted by molar-refractivity contribution is 5.66. The average molecular weight is 271 g/mol. The minimum atomic E-state index is -4.54. The van der Waals surface area contributed by atoms with E-state index in [1.54, 1.807) is 4.90 Å². The molecule has 2 nitrogen and oxygen atoms in total. The number of rotatable bonds is 3. The van der Waals surface area contributed by atoms with E-state index in [-0.39, 0.29) is 6.54 Å². The first-order valence-electron chi connectivity index (χ1n) is 6.18. The smallest absolute Gasteiger partial charge is 0.382 e. The third-order valence-corrected chi connectivity index (χ3v) is 3.25. The van der Waals surface area contributed by atoms with Crippen molar-refractivity contribution >= 4 is 5.57 Å². The van der Waals surface area contributed by atoms with Gasteiger partial charge >= 0.3 is 6.18 Å². The molecule has 0 radical (unpaired) electrons. The van der Waals surface area contributed by atoms with Crippen molar-refractivity contribution in [2.75, 3.05) is 19.6 Å². The molecule has 1 atom stereocenters. The van der Waals surface area contributed by atoms with Crippen LogP contribution < -0.4 is 0 Å². The summed E-state index contributed by atoms with van der Waals surface area (Å²) in [5.74, 6) is 0. The summed E-state index contributed by atoms with van der Waals surface area (Å²) < 4.78 is 36.8. The highest BCUT2D eigenvalue weighted by Gasteiger charge is 2.39. The van der Waals surface area contributed by atoms with Gasteiger partial charge in [-0.2, -0.15) is 13.2 Å². The van der Waals surface area contributed by atoms with Gasteiger partial charge in [-0.05, 0) is 17.6 Å². The van der Waals surface area contributed by atoms with Crippen molar-refractivity contribution in [3.05, 3.63) is 42.0 Å². The molecule has 1 aromatic rings. The standard InChI is InChI=1S/C14H16F3NO/c15-14(16,17)13(19)10-18-8-6-12(7-9-18)11-4-2-1-3-5-11/h1-6,13,19H,7-10H2/t13-/m0/s1. The molecule has 104 valence electrons. The van der Waals surface area contributed by atoms with E-state index in [2.05, 4.69) is 0 Å². The zero-order valence-corrected chi connectivity index (χ0v) is 10.4. The quantitative estimate of drug-likeness (QED) is 0.913. The summed E-state index contributed by atoms with van der Waals surface area (Å²) in [5, 5.41) is 9.03. The van der Waals surface area contributed by atoms with E-state index < -0.39 is 12.3 Å². The van der Waals surface area contributed by atoms with Gasteiger partial charge in [-0.25, -0.2) is 0 Å². The molecule has 0 amide bonds. The van der Waals surface area contributed by atoms with E-state index in [9.17, 15) is 13.2 Å². The van der Waals surface area contributed by atoms with Crippen LogP contribution in [0.5, 0.6) is 0 Å². The van der Waals surface area contributed by atoms with Gasteiger partial charge in [0.25, 0.3) is 0 Å². The number of nitrogens with zero attached hydrogens (tertiary/aromatic N) is 1. The first-order valence-corrected chi connectivity index (χ1v) is 6.18. The molecular formula is C14H16F3NO. The predicted molar refractivity (Wildman–Crippen MR) is 67.5 cm³/mol. The van der Waals surface area contributed by atoms with E-state index in [1.807, 2.05) is 36.4 Å².